The van der Waals surface area contributed by atoms with Crippen molar-refractivity contribution in [3.63, 3.8) is 0 Å². The third-order valence-corrected chi connectivity index (χ3v) is 1.78. The lowest BCUT2D eigenvalue weighted by Crippen LogP contribution is -2.24. The number of rotatable bonds is 2. The monoisotopic (exact) mass is 179 g/mol. The SMILES string of the molecule is OC(c1cnoc1)N1C=CC=NC1. The summed E-state index contributed by atoms with van der Waals surface area (Å²) in [5, 5.41) is 13.2. The number of aliphatic hydroxyl groups excluding tert-OH is 1. The van der Waals surface area contributed by atoms with Crippen molar-refractivity contribution in [2.24, 2.45) is 4.99 Å². The van der Waals surface area contributed by atoms with Crippen LogP contribution in [0.4, 0.5) is 0 Å². The summed E-state index contributed by atoms with van der Waals surface area (Å²) in [6.45, 7) is 0.447. The molecule has 0 bridgehead atoms. The Morgan fingerprint density at radius 2 is 2.54 bits per heavy atom. The fourth-order valence-corrected chi connectivity index (χ4v) is 1.09. The van der Waals surface area contributed by atoms with Gasteiger partial charge >= 0.3 is 0 Å². The molecule has 0 aromatic carbocycles. The number of allylic oxidation sites excluding steroid dienone is 1. The summed E-state index contributed by atoms with van der Waals surface area (Å²) in [5.41, 5.74) is 0.627. The Hall–Kier alpha value is -1.62. The van der Waals surface area contributed by atoms with E-state index in [2.05, 4.69) is 14.7 Å². The number of hydrogen-bond acceptors (Lipinski definition) is 5. The highest BCUT2D eigenvalue weighted by molar-refractivity contribution is 5.71. The second-order valence-corrected chi connectivity index (χ2v) is 2.66. The van der Waals surface area contributed by atoms with E-state index in [0.29, 0.717) is 12.2 Å². The predicted molar refractivity (Wildman–Crippen MR) is 45.8 cm³/mol. The normalized spacial score (nSPS) is 17.8. The van der Waals surface area contributed by atoms with Crippen LogP contribution in [0, 0.1) is 0 Å². The summed E-state index contributed by atoms with van der Waals surface area (Å²) in [5.74, 6) is 0. The Labute approximate surface area is 75.0 Å². The maximum atomic E-state index is 9.73. The van der Waals surface area contributed by atoms with Crippen LogP contribution in [0.5, 0.6) is 0 Å². The van der Waals surface area contributed by atoms with E-state index >= 15 is 0 Å². The molecule has 0 spiro atoms. The van der Waals surface area contributed by atoms with Gasteiger partial charge in [0.2, 0.25) is 0 Å². The molecule has 0 amide bonds. The van der Waals surface area contributed by atoms with E-state index in [4.69, 9.17) is 0 Å². The highest BCUT2D eigenvalue weighted by atomic mass is 16.5. The van der Waals surface area contributed by atoms with Crippen molar-refractivity contribution in [3.05, 3.63) is 30.3 Å². The summed E-state index contributed by atoms with van der Waals surface area (Å²) >= 11 is 0. The Balaban J connectivity index is 2.09. The van der Waals surface area contributed by atoms with Crippen LogP contribution in [0.3, 0.4) is 0 Å². The summed E-state index contributed by atoms with van der Waals surface area (Å²) in [7, 11) is 0. The summed E-state index contributed by atoms with van der Waals surface area (Å²) in [6.07, 6.45) is 7.38. The number of aliphatic imine (C=N–C) groups is 1. The van der Waals surface area contributed by atoms with E-state index in [1.165, 1.54) is 12.5 Å². The van der Waals surface area contributed by atoms with Crippen molar-refractivity contribution < 1.29 is 9.63 Å². The number of aromatic nitrogens is 1. The molecule has 0 saturated carbocycles. The van der Waals surface area contributed by atoms with Gasteiger partial charge in [-0.25, -0.2) is 0 Å². The summed E-state index contributed by atoms with van der Waals surface area (Å²) in [4.78, 5) is 5.67. The van der Waals surface area contributed by atoms with Crippen LogP contribution < -0.4 is 0 Å². The predicted octanol–water partition coefficient (Wildman–Crippen LogP) is 0.523. The zero-order chi connectivity index (χ0) is 9.10. The quantitative estimate of drug-likeness (QED) is 0.719. The van der Waals surface area contributed by atoms with Crippen LogP contribution in [0.25, 0.3) is 0 Å². The van der Waals surface area contributed by atoms with Crippen molar-refractivity contribution in [2.45, 2.75) is 6.23 Å². The highest BCUT2D eigenvalue weighted by Crippen LogP contribution is 2.17. The van der Waals surface area contributed by atoms with Crippen LogP contribution in [0.1, 0.15) is 11.8 Å². The Morgan fingerprint density at radius 3 is 3.15 bits per heavy atom. The van der Waals surface area contributed by atoms with E-state index in [0.717, 1.165) is 0 Å². The fraction of sp³-hybridized carbons (Fsp3) is 0.250. The molecule has 1 aromatic heterocycles. The van der Waals surface area contributed by atoms with Crippen LogP contribution in [0.15, 0.2) is 34.3 Å². The van der Waals surface area contributed by atoms with Gasteiger partial charge in [-0.1, -0.05) is 5.16 Å². The maximum absolute atomic E-state index is 9.73. The molecule has 2 rings (SSSR count). The van der Waals surface area contributed by atoms with E-state index in [9.17, 15) is 5.11 Å². The van der Waals surface area contributed by atoms with Gasteiger partial charge in [0, 0.05) is 12.4 Å². The first kappa shape index (κ1) is 8.00. The van der Waals surface area contributed by atoms with E-state index in [-0.39, 0.29) is 0 Å². The van der Waals surface area contributed by atoms with Crippen LogP contribution in [-0.2, 0) is 0 Å². The van der Waals surface area contributed by atoms with Gasteiger partial charge in [0.15, 0.2) is 6.23 Å². The third kappa shape index (κ3) is 1.59. The molecule has 2 heterocycles. The minimum Gasteiger partial charge on any atom is -0.369 e. The van der Waals surface area contributed by atoms with Crippen LogP contribution >= 0.6 is 0 Å². The minimum atomic E-state index is -0.736. The molecular weight excluding hydrogens is 170 g/mol. The van der Waals surface area contributed by atoms with Gasteiger partial charge in [0.05, 0.1) is 11.8 Å². The van der Waals surface area contributed by atoms with E-state index < -0.39 is 6.23 Å². The first-order valence-electron chi connectivity index (χ1n) is 3.87. The fourth-order valence-electron chi connectivity index (χ4n) is 1.09. The molecule has 1 aliphatic rings. The van der Waals surface area contributed by atoms with Gasteiger partial charge < -0.3 is 14.5 Å². The molecule has 5 nitrogen and oxygen atoms in total. The van der Waals surface area contributed by atoms with Crippen molar-refractivity contribution in [1.82, 2.24) is 10.1 Å². The van der Waals surface area contributed by atoms with Crippen LogP contribution in [-0.4, -0.2) is 28.0 Å². The second kappa shape index (κ2) is 3.40. The molecule has 1 aliphatic heterocycles. The average Bonchev–Trinajstić information content (AvgIpc) is 2.71. The second-order valence-electron chi connectivity index (χ2n) is 2.66. The number of aliphatic hydroxyl groups is 1. The van der Waals surface area contributed by atoms with Gasteiger partial charge in [-0.3, -0.25) is 4.99 Å². The van der Waals surface area contributed by atoms with Crippen molar-refractivity contribution in [3.8, 4) is 0 Å². The molecular formula is C8H9N3O2. The molecule has 0 saturated heterocycles. The van der Waals surface area contributed by atoms with Gasteiger partial charge in [0.25, 0.3) is 0 Å². The lowest BCUT2D eigenvalue weighted by Gasteiger charge is -2.24. The summed E-state index contributed by atoms with van der Waals surface area (Å²) < 4.78 is 4.63. The van der Waals surface area contributed by atoms with Crippen molar-refractivity contribution in [1.29, 1.82) is 0 Å². The lowest BCUT2D eigenvalue weighted by atomic mass is 10.3. The molecule has 5 heteroatoms. The van der Waals surface area contributed by atoms with Gasteiger partial charge in [-0.2, -0.15) is 0 Å². The molecule has 1 unspecified atom stereocenters. The topological polar surface area (TPSA) is 61.9 Å². The first-order chi connectivity index (χ1) is 6.38. The van der Waals surface area contributed by atoms with Crippen molar-refractivity contribution >= 4 is 6.21 Å². The van der Waals surface area contributed by atoms with Gasteiger partial charge in [0.1, 0.15) is 12.9 Å². The minimum absolute atomic E-state index is 0.447. The van der Waals surface area contributed by atoms with E-state index in [1.807, 2.05) is 0 Å². The summed E-state index contributed by atoms with van der Waals surface area (Å²) in [6, 6.07) is 0. The molecule has 1 aromatic rings. The number of hydrogen-bond donors (Lipinski definition) is 1. The van der Waals surface area contributed by atoms with Crippen molar-refractivity contribution in [2.75, 3.05) is 6.67 Å². The highest BCUT2D eigenvalue weighted by Gasteiger charge is 2.16. The van der Waals surface area contributed by atoms with E-state index in [1.54, 1.807) is 23.4 Å². The molecule has 0 radical (unpaired) electrons. The maximum Gasteiger partial charge on any atom is 0.158 e. The molecule has 13 heavy (non-hydrogen) atoms. The van der Waals surface area contributed by atoms with Gasteiger partial charge in [-0.05, 0) is 6.08 Å². The third-order valence-electron chi connectivity index (χ3n) is 1.78. The number of nitrogens with zero attached hydrogens (tertiary/aromatic N) is 3. The Kier molecular flexibility index (Phi) is 2.09. The Bertz CT molecular complexity index is 318. The molecule has 68 valence electrons. The molecule has 0 fully saturated rings. The standard InChI is InChI=1S/C8H9N3O2/c12-8(7-4-10-13-5-7)11-3-1-2-9-6-11/h1-5,8,12H,6H2. The lowest BCUT2D eigenvalue weighted by molar-refractivity contribution is 0.0375. The zero-order valence-electron chi connectivity index (χ0n) is 6.87. The zero-order valence-corrected chi connectivity index (χ0v) is 6.87. The molecule has 1 atom stereocenters. The molecule has 1 N–H and O–H groups in total. The largest absolute Gasteiger partial charge is 0.369 e. The van der Waals surface area contributed by atoms with Gasteiger partial charge in [-0.15, -0.1) is 0 Å². The smallest absolute Gasteiger partial charge is 0.158 e. The average molecular weight is 179 g/mol. The van der Waals surface area contributed by atoms with Crippen LogP contribution in [0.2, 0.25) is 0 Å². The first-order valence-corrected chi connectivity index (χ1v) is 3.87. The molecule has 0 aliphatic carbocycles. The Morgan fingerprint density at radius 1 is 1.62 bits per heavy atom.